The Hall–Kier alpha value is -1.75. The third-order valence-corrected chi connectivity index (χ3v) is 3.00. The normalized spacial score (nSPS) is 10.4. The predicted octanol–water partition coefficient (Wildman–Crippen LogP) is 1.91. The fraction of sp³-hybridized carbons (Fsp3) is 0.429. The molecule has 0 aliphatic heterocycles. The lowest BCUT2D eigenvalue weighted by atomic mass is 10.1. The first-order chi connectivity index (χ1) is 9.35. The molecule has 0 aliphatic rings. The van der Waals surface area contributed by atoms with E-state index in [-0.39, 0.29) is 24.4 Å². The zero-order chi connectivity index (χ0) is 15.3. The van der Waals surface area contributed by atoms with Crippen LogP contribution in [0.5, 0.6) is 0 Å². The minimum atomic E-state index is -0.302. The van der Waals surface area contributed by atoms with Crippen molar-refractivity contribution in [1.82, 2.24) is 10.2 Å². The Bertz CT molecular complexity index is 503. The fourth-order valence-corrected chi connectivity index (χ4v) is 1.94. The monoisotopic (exact) mass is 297 g/mol. The van der Waals surface area contributed by atoms with Gasteiger partial charge in [-0.25, -0.2) is 0 Å². The number of anilines is 1. The Morgan fingerprint density at radius 2 is 2.05 bits per heavy atom. The molecule has 0 aliphatic carbocycles. The number of nitrogens with two attached hydrogens (primary N) is 1. The molecule has 0 fully saturated rings. The number of rotatable bonds is 5. The fourth-order valence-electron chi connectivity index (χ4n) is 1.75. The van der Waals surface area contributed by atoms with Gasteiger partial charge in [-0.05, 0) is 39.0 Å². The molecular weight excluding hydrogens is 278 g/mol. The number of benzene rings is 1. The summed E-state index contributed by atoms with van der Waals surface area (Å²) in [4.78, 5) is 25.6. The van der Waals surface area contributed by atoms with Crippen LogP contribution >= 0.6 is 11.6 Å². The van der Waals surface area contributed by atoms with Crippen molar-refractivity contribution in [2.45, 2.75) is 26.8 Å². The second-order valence-corrected chi connectivity index (χ2v) is 5.19. The molecule has 1 aromatic carbocycles. The molecule has 0 heterocycles. The van der Waals surface area contributed by atoms with Crippen molar-refractivity contribution in [3.8, 4) is 0 Å². The van der Waals surface area contributed by atoms with E-state index >= 15 is 0 Å². The zero-order valence-electron chi connectivity index (χ0n) is 11.9. The molecule has 0 spiro atoms. The maximum Gasteiger partial charge on any atom is 0.255 e. The van der Waals surface area contributed by atoms with E-state index in [1.165, 1.54) is 11.0 Å². The SMILES string of the molecule is CCN(CC(=O)NC(C)C)C(=O)c1cc(N)ccc1Cl. The van der Waals surface area contributed by atoms with E-state index in [9.17, 15) is 9.59 Å². The van der Waals surface area contributed by atoms with E-state index in [0.29, 0.717) is 22.8 Å². The molecule has 0 atom stereocenters. The van der Waals surface area contributed by atoms with E-state index in [4.69, 9.17) is 17.3 Å². The molecule has 0 unspecified atom stereocenters. The summed E-state index contributed by atoms with van der Waals surface area (Å²) in [5.41, 5.74) is 6.44. The number of nitrogens with one attached hydrogen (secondary N) is 1. The van der Waals surface area contributed by atoms with Crippen LogP contribution in [-0.4, -0.2) is 35.8 Å². The van der Waals surface area contributed by atoms with Gasteiger partial charge < -0.3 is 16.0 Å². The Morgan fingerprint density at radius 3 is 2.60 bits per heavy atom. The van der Waals surface area contributed by atoms with Gasteiger partial charge in [0.25, 0.3) is 5.91 Å². The highest BCUT2D eigenvalue weighted by atomic mass is 35.5. The maximum atomic E-state index is 12.4. The summed E-state index contributed by atoms with van der Waals surface area (Å²) < 4.78 is 0. The molecule has 0 bridgehead atoms. The Morgan fingerprint density at radius 1 is 1.40 bits per heavy atom. The molecule has 1 rings (SSSR count). The second-order valence-electron chi connectivity index (χ2n) is 4.78. The first-order valence-electron chi connectivity index (χ1n) is 6.48. The summed E-state index contributed by atoms with van der Waals surface area (Å²) in [6.07, 6.45) is 0. The topological polar surface area (TPSA) is 75.4 Å². The van der Waals surface area contributed by atoms with Crippen LogP contribution in [0, 0.1) is 0 Å². The van der Waals surface area contributed by atoms with Gasteiger partial charge in [-0.15, -0.1) is 0 Å². The maximum absolute atomic E-state index is 12.4. The molecule has 2 amide bonds. The second kappa shape index (κ2) is 7.14. The summed E-state index contributed by atoms with van der Waals surface area (Å²) in [6, 6.07) is 4.76. The minimum Gasteiger partial charge on any atom is -0.399 e. The van der Waals surface area contributed by atoms with Crippen LogP contribution in [0.2, 0.25) is 5.02 Å². The quantitative estimate of drug-likeness (QED) is 0.815. The van der Waals surface area contributed by atoms with E-state index in [0.717, 1.165) is 0 Å². The number of hydrogen-bond donors (Lipinski definition) is 2. The van der Waals surface area contributed by atoms with Crippen LogP contribution in [0.15, 0.2) is 18.2 Å². The van der Waals surface area contributed by atoms with E-state index in [1.54, 1.807) is 19.1 Å². The van der Waals surface area contributed by atoms with E-state index in [1.807, 2.05) is 13.8 Å². The van der Waals surface area contributed by atoms with Crippen LogP contribution in [0.25, 0.3) is 0 Å². The number of halogens is 1. The van der Waals surface area contributed by atoms with E-state index in [2.05, 4.69) is 5.32 Å². The number of carbonyl (C=O) groups is 2. The van der Waals surface area contributed by atoms with Crippen LogP contribution in [-0.2, 0) is 4.79 Å². The van der Waals surface area contributed by atoms with Gasteiger partial charge in [-0.1, -0.05) is 11.6 Å². The number of likely N-dealkylation sites (N-methyl/N-ethyl adjacent to an activating group) is 1. The summed E-state index contributed by atoms with van der Waals surface area (Å²) in [6.45, 7) is 5.95. The van der Waals surface area contributed by atoms with Crippen molar-refractivity contribution in [3.05, 3.63) is 28.8 Å². The Kier molecular flexibility index (Phi) is 5.82. The van der Waals surface area contributed by atoms with Crippen LogP contribution in [0.3, 0.4) is 0 Å². The molecule has 0 saturated carbocycles. The third kappa shape index (κ3) is 4.42. The number of hydrogen-bond acceptors (Lipinski definition) is 3. The molecule has 0 aromatic heterocycles. The first kappa shape index (κ1) is 16.3. The lowest BCUT2D eigenvalue weighted by Gasteiger charge is -2.21. The van der Waals surface area contributed by atoms with Crippen molar-refractivity contribution >= 4 is 29.1 Å². The summed E-state index contributed by atoms with van der Waals surface area (Å²) in [7, 11) is 0. The molecule has 3 N–H and O–H groups in total. The van der Waals surface area contributed by atoms with Crippen molar-refractivity contribution in [3.63, 3.8) is 0 Å². The van der Waals surface area contributed by atoms with Crippen molar-refractivity contribution in [2.75, 3.05) is 18.8 Å². The molecule has 20 heavy (non-hydrogen) atoms. The van der Waals surface area contributed by atoms with Crippen molar-refractivity contribution in [1.29, 1.82) is 0 Å². The van der Waals surface area contributed by atoms with Gasteiger partial charge >= 0.3 is 0 Å². The standard InChI is InChI=1S/C14H20ClN3O2/c1-4-18(8-13(19)17-9(2)3)14(20)11-7-10(16)5-6-12(11)15/h5-7,9H,4,8,16H2,1-3H3,(H,17,19). The Balaban J connectivity index is 2.86. The number of nitrogen functional groups attached to an aromatic ring is 1. The molecule has 6 heteroatoms. The van der Waals surface area contributed by atoms with Gasteiger partial charge in [0.1, 0.15) is 0 Å². The highest BCUT2D eigenvalue weighted by molar-refractivity contribution is 6.34. The van der Waals surface area contributed by atoms with Gasteiger partial charge in [0.15, 0.2) is 0 Å². The molecule has 5 nitrogen and oxygen atoms in total. The smallest absolute Gasteiger partial charge is 0.255 e. The van der Waals surface area contributed by atoms with Gasteiger partial charge in [0.2, 0.25) is 5.91 Å². The average molecular weight is 298 g/mol. The molecule has 110 valence electrons. The molecule has 1 aromatic rings. The minimum absolute atomic E-state index is 0.00135. The summed E-state index contributed by atoms with van der Waals surface area (Å²) >= 11 is 6.01. The predicted molar refractivity (Wildman–Crippen MR) is 80.7 cm³/mol. The summed E-state index contributed by atoms with van der Waals surface area (Å²) in [5.74, 6) is -0.501. The van der Waals surface area contributed by atoms with Crippen LogP contribution < -0.4 is 11.1 Å². The lowest BCUT2D eigenvalue weighted by Crippen LogP contribution is -2.42. The van der Waals surface area contributed by atoms with Gasteiger partial charge in [-0.2, -0.15) is 0 Å². The van der Waals surface area contributed by atoms with Gasteiger partial charge in [0, 0.05) is 18.3 Å². The lowest BCUT2D eigenvalue weighted by molar-refractivity contribution is -0.122. The Labute approximate surface area is 124 Å². The van der Waals surface area contributed by atoms with Gasteiger partial charge in [-0.3, -0.25) is 9.59 Å². The number of carbonyl (C=O) groups excluding carboxylic acids is 2. The van der Waals surface area contributed by atoms with Crippen molar-refractivity contribution in [2.24, 2.45) is 0 Å². The molecule has 0 saturated heterocycles. The number of amides is 2. The molecule has 0 radical (unpaired) electrons. The van der Waals surface area contributed by atoms with Gasteiger partial charge in [0.05, 0.1) is 17.1 Å². The zero-order valence-corrected chi connectivity index (χ0v) is 12.7. The highest BCUT2D eigenvalue weighted by Gasteiger charge is 2.20. The third-order valence-electron chi connectivity index (χ3n) is 2.67. The largest absolute Gasteiger partial charge is 0.399 e. The van der Waals surface area contributed by atoms with Crippen molar-refractivity contribution < 1.29 is 9.59 Å². The van der Waals surface area contributed by atoms with E-state index < -0.39 is 0 Å². The van der Waals surface area contributed by atoms with Crippen LogP contribution in [0.4, 0.5) is 5.69 Å². The number of nitrogens with zero attached hydrogens (tertiary/aromatic N) is 1. The highest BCUT2D eigenvalue weighted by Crippen LogP contribution is 2.20. The first-order valence-corrected chi connectivity index (χ1v) is 6.86. The molecular formula is C14H20ClN3O2. The van der Waals surface area contributed by atoms with Crippen LogP contribution in [0.1, 0.15) is 31.1 Å². The summed E-state index contributed by atoms with van der Waals surface area (Å²) in [5, 5.41) is 3.08. The average Bonchev–Trinajstić information content (AvgIpc) is 2.37.